The van der Waals surface area contributed by atoms with Crippen molar-refractivity contribution < 1.29 is 0 Å². The van der Waals surface area contributed by atoms with Crippen molar-refractivity contribution in [1.29, 1.82) is 0 Å². The molecule has 150 valence electrons. The van der Waals surface area contributed by atoms with Gasteiger partial charge in [0.15, 0.2) is 0 Å². The number of aromatic nitrogens is 2. The molecule has 4 heterocycles. The van der Waals surface area contributed by atoms with E-state index in [9.17, 15) is 0 Å². The number of piperidine rings is 3. The average Bonchev–Trinajstić information content (AvgIpc) is 3.00. The molecule has 3 fully saturated rings. The molecule has 4 heteroatoms. The van der Waals surface area contributed by atoms with Gasteiger partial charge in [-0.25, -0.2) is 0 Å². The van der Waals surface area contributed by atoms with E-state index in [0.29, 0.717) is 0 Å². The molecule has 5 rings (SSSR count). The lowest BCUT2D eigenvalue weighted by molar-refractivity contribution is -0.0578. The van der Waals surface area contributed by atoms with Crippen LogP contribution in [0.15, 0.2) is 36.5 Å². The molecule has 0 saturated carbocycles. The lowest BCUT2D eigenvalue weighted by Gasteiger charge is -2.55. The summed E-state index contributed by atoms with van der Waals surface area (Å²) in [5, 5.41) is 4.55. The topological polar surface area (TPSA) is 24.3 Å². The molecule has 4 atom stereocenters. The van der Waals surface area contributed by atoms with Gasteiger partial charge in [-0.3, -0.25) is 14.5 Å². The van der Waals surface area contributed by atoms with Crippen molar-refractivity contribution in [2.24, 2.45) is 18.9 Å². The normalized spacial score (nSPS) is 30.9. The van der Waals surface area contributed by atoms with Crippen molar-refractivity contribution in [2.45, 2.75) is 57.7 Å². The molecule has 2 aromatic rings. The quantitative estimate of drug-likeness (QED) is 0.812. The van der Waals surface area contributed by atoms with Crippen molar-refractivity contribution in [3.63, 3.8) is 0 Å². The molecule has 28 heavy (non-hydrogen) atoms. The first-order valence-corrected chi connectivity index (χ1v) is 11.2. The third-order valence-corrected chi connectivity index (χ3v) is 7.41. The fourth-order valence-electron chi connectivity index (χ4n) is 6.29. The Morgan fingerprint density at radius 3 is 2.71 bits per heavy atom. The highest BCUT2D eigenvalue weighted by Gasteiger charge is 2.44. The van der Waals surface area contributed by atoms with Gasteiger partial charge in [-0.05, 0) is 50.0 Å². The molecule has 0 radical (unpaired) electrons. The summed E-state index contributed by atoms with van der Waals surface area (Å²) >= 11 is 0. The number of fused-ring (bicyclic) bond motifs is 4. The van der Waals surface area contributed by atoms with E-state index in [2.05, 4.69) is 58.4 Å². The van der Waals surface area contributed by atoms with Crippen LogP contribution in [-0.2, 0) is 20.0 Å². The van der Waals surface area contributed by atoms with E-state index < -0.39 is 0 Å². The second-order valence-electron chi connectivity index (χ2n) is 9.51. The molecule has 3 aliphatic heterocycles. The molecular formula is C24H34N4. The summed E-state index contributed by atoms with van der Waals surface area (Å²) in [7, 11) is 2.04. The van der Waals surface area contributed by atoms with Crippen molar-refractivity contribution >= 4 is 0 Å². The number of likely N-dealkylation sites (tertiary alicyclic amines) is 1. The third kappa shape index (κ3) is 3.65. The second kappa shape index (κ2) is 7.64. The Morgan fingerprint density at radius 1 is 1.07 bits per heavy atom. The minimum Gasteiger partial charge on any atom is -0.298 e. The first-order valence-electron chi connectivity index (χ1n) is 11.2. The van der Waals surface area contributed by atoms with Gasteiger partial charge in [-0.1, -0.05) is 36.8 Å². The van der Waals surface area contributed by atoms with Gasteiger partial charge in [0, 0.05) is 57.1 Å². The van der Waals surface area contributed by atoms with Crippen LogP contribution in [-0.4, -0.2) is 51.3 Å². The van der Waals surface area contributed by atoms with Crippen LogP contribution in [0, 0.1) is 18.8 Å². The summed E-state index contributed by atoms with van der Waals surface area (Å²) < 4.78 is 1.96. The van der Waals surface area contributed by atoms with Gasteiger partial charge < -0.3 is 0 Å². The third-order valence-electron chi connectivity index (χ3n) is 7.41. The minimum atomic E-state index is 0.749. The fourth-order valence-corrected chi connectivity index (χ4v) is 6.29. The van der Waals surface area contributed by atoms with E-state index in [1.165, 1.54) is 68.6 Å². The Kier molecular flexibility index (Phi) is 5.02. The summed E-state index contributed by atoms with van der Waals surface area (Å²) in [5.74, 6) is 1.69. The largest absolute Gasteiger partial charge is 0.298 e. The molecular weight excluding hydrogens is 344 g/mol. The van der Waals surface area contributed by atoms with Crippen LogP contribution in [0.2, 0.25) is 0 Å². The molecule has 0 amide bonds. The Hall–Kier alpha value is -1.65. The molecule has 0 aliphatic carbocycles. The maximum atomic E-state index is 4.55. The van der Waals surface area contributed by atoms with Crippen LogP contribution in [0.1, 0.15) is 42.5 Å². The summed E-state index contributed by atoms with van der Waals surface area (Å²) in [6.07, 6.45) is 9.08. The predicted octanol–water partition coefficient (Wildman–Crippen LogP) is 3.65. The number of benzene rings is 1. The number of aryl methyl sites for hydroxylation is 2. The van der Waals surface area contributed by atoms with Crippen molar-refractivity contribution in [2.75, 3.05) is 19.6 Å². The maximum Gasteiger partial charge on any atom is 0.0638 e. The molecule has 0 unspecified atom stereocenters. The van der Waals surface area contributed by atoms with Gasteiger partial charge >= 0.3 is 0 Å². The Morgan fingerprint density at radius 2 is 1.93 bits per heavy atom. The highest BCUT2D eigenvalue weighted by molar-refractivity contribution is 5.17. The van der Waals surface area contributed by atoms with Gasteiger partial charge in [0.1, 0.15) is 0 Å². The zero-order valence-electron chi connectivity index (χ0n) is 17.4. The van der Waals surface area contributed by atoms with Crippen LogP contribution >= 0.6 is 0 Å². The number of hydrogen-bond donors (Lipinski definition) is 0. The Balaban J connectivity index is 1.28. The molecule has 2 bridgehead atoms. The zero-order valence-corrected chi connectivity index (χ0v) is 17.4. The van der Waals surface area contributed by atoms with E-state index in [1.54, 1.807) is 0 Å². The number of rotatable bonds is 4. The van der Waals surface area contributed by atoms with Crippen molar-refractivity contribution in [1.82, 2.24) is 19.6 Å². The van der Waals surface area contributed by atoms with E-state index in [0.717, 1.165) is 30.5 Å². The predicted molar refractivity (Wildman–Crippen MR) is 113 cm³/mol. The monoisotopic (exact) mass is 378 g/mol. The highest BCUT2D eigenvalue weighted by Crippen LogP contribution is 2.40. The van der Waals surface area contributed by atoms with Crippen molar-refractivity contribution in [3.05, 3.63) is 53.3 Å². The fraction of sp³-hybridized carbons (Fsp3) is 0.625. The Bertz CT molecular complexity index is 798. The SMILES string of the molecule is Cc1nn(C)cc1CN1C[C@@H]2C[C@H](C1)[C@@H]1CCC[C@H](Cc3ccccc3)N1C2. The smallest absolute Gasteiger partial charge is 0.0638 e. The molecule has 0 spiro atoms. The first kappa shape index (κ1) is 18.4. The molecule has 3 aliphatic rings. The zero-order chi connectivity index (χ0) is 19.1. The lowest BCUT2D eigenvalue weighted by Crippen LogP contribution is -2.61. The molecule has 0 N–H and O–H groups in total. The van der Waals surface area contributed by atoms with E-state index in [4.69, 9.17) is 0 Å². The Labute approximate surface area is 169 Å². The standard InChI is InChI=1S/C24H34N4/c1-18-22(15-26(2)25-18)17-27-13-20-11-21(16-27)24-10-6-9-23(28(24)14-20)12-19-7-4-3-5-8-19/h3-5,7-8,15,20-21,23-24H,6,9-14,16-17H2,1-2H3/t20-,21+,23+,24-/m0/s1. The van der Waals surface area contributed by atoms with Gasteiger partial charge in [0.2, 0.25) is 0 Å². The van der Waals surface area contributed by atoms with Gasteiger partial charge in [0.05, 0.1) is 5.69 Å². The van der Waals surface area contributed by atoms with Gasteiger partial charge in [-0.2, -0.15) is 5.10 Å². The van der Waals surface area contributed by atoms with Gasteiger partial charge in [0.25, 0.3) is 0 Å². The molecule has 3 saturated heterocycles. The van der Waals surface area contributed by atoms with Crippen LogP contribution < -0.4 is 0 Å². The van der Waals surface area contributed by atoms with Gasteiger partial charge in [-0.15, -0.1) is 0 Å². The summed E-state index contributed by atoms with van der Waals surface area (Å²) in [5.41, 5.74) is 4.11. The molecule has 1 aromatic carbocycles. The summed E-state index contributed by atoms with van der Waals surface area (Å²) in [6, 6.07) is 12.7. The minimum absolute atomic E-state index is 0.749. The van der Waals surface area contributed by atoms with Crippen LogP contribution in [0.25, 0.3) is 0 Å². The van der Waals surface area contributed by atoms with E-state index in [-0.39, 0.29) is 0 Å². The van der Waals surface area contributed by atoms with Crippen molar-refractivity contribution in [3.8, 4) is 0 Å². The number of hydrogen-bond acceptors (Lipinski definition) is 3. The highest BCUT2D eigenvalue weighted by atomic mass is 15.3. The summed E-state index contributed by atoms with van der Waals surface area (Å²) in [4.78, 5) is 5.66. The van der Waals surface area contributed by atoms with Crippen LogP contribution in [0.5, 0.6) is 0 Å². The molecule has 1 aromatic heterocycles. The van der Waals surface area contributed by atoms with E-state index >= 15 is 0 Å². The average molecular weight is 379 g/mol. The number of nitrogens with zero attached hydrogens (tertiary/aromatic N) is 4. The van der Waals surface area contributed by atoms with Crippen LogP contribution in [0.4, 0.5) is 0 Å². The first-order chi connectivity index (χ1) is 13.7. The van der Waals surface area contributed by atoms with Crippen LogP contribution in [0.3, 0.4) is 0 Å². The molecule has 4 nitrogen and oxygen atoms in total. The summed E-state index contributed by atoms with van der Waals surface area (Å²) in [6.45, 7) is 7.06. The van der Waals surface area contributed by atoms with E-state index in [1.807, 2.05) is 11.7 Å². The second-order valence-corrected chi connectivity index (χ2v) is 9.51. The maximum absolute atomic E-state index is 4.55. The lowest BCUT2D eigenvalue weighted by atomic mass is 9.74.